The predicted octanol–water partition coefficient (Wildman–Crippen LogP) is 4.59. The molecule has 5 nitrogen and oxygen atoms in total. The smallest absolute Gasteiger partial charge is 0.253 e. The van der Waals surface area contributed by atoms with E-state index in [9.17, 15) is 9.18 Å². The first-order valence-corrected chi connectivity index (χ1v) is 10.4. The molecule has 6 heteroatoms. The third-order valence-corrected chi connectivity index (χ3v) is 5.68. The Balaban J connectivity index is 1.19. The molecule has 1 aliphatic heterocycles. The first kappa shape index (κ1) is 19.5. The Morgan fingerprint density at radius 1 is 0.935 bits per heavy atom. The first-order valence-electron chi connectivity index (χ1n) is 10.4. The number of hydrogen-bond acceptors (Lipinski definition) is 4. The minimum absolute atomic E-state index is 0.0745. The van der Waals surface area contributed by atoms with Crippen LogP contribution in [0.5, 0.6) is 0 Å². The predicted molar refractivity (Wildman–Crippen MR) is 117 cm³/mol. The van der Waals surface area contributed by atoms with Crippen molar-refractivity contribution in [2.24, 2.45) is 0 Å². The van der Waals surface area contributed by atoms with Crippen LogP contribution in [0.1, 0.15) is 16.1 Å². The van der Waals surface area contributed by atoms with Crippen molar-refractivity contribution < 1.29 is 13.6 Å². The Morgan fingerprint density at radius 2 is 1.68 bits per heavy atom. The highest BCUT2D eigenvalue weighted by Gasteiger charge is 2.23. The van der Waals surface area contributed by atoms with Crippen LogP contribution < -0.4 is 0 Å². The van der Waals surface area contributed by atoms with Crippen LogP contribution in [0.3, 0.4) is 0 Å². The number of fused-ring (bicyclic) bond motifs is 1. The number of rotatable bonds is 4. The van der Waals surface area contributed by atoms with Crippen molar-refractivity contribution >= 4 is 16.7 Å². The van der Waals surface area contributed by atoms with Crippen LogP contribution in [0.4, 0.5) is 4.39 Å². The number of benzene rings is 3. The van der Waals surface area contributed by atoms with E-state index < -0.39 is 0 Å². The molecule has 0 saturated carbocycles. The third-order valence-electron chi connectivity index (χ3n) is 5.68. The van der Waals surface area contributed by atoms with Crippen molar-refractivity contribution in [3.05, 3.63) is 90.1 Å². The SMILES string of the molecule is O=C(c1ccc2ccccc2c1)N1CCN(Cc2coc(-c3ccc(F)cc3)n2)CC1. The second-order valence-electron chi connectivity index (χ2n) is 7.78. The topological polar surface area (TPSA) is 49.6 Å². The van der Waals surface area contributed by atoms with Gasteiger partial charge in [0.2, 0.25) is 5.89 Å². The zero-order valence-corrected chi connectivity index (χ0v) is 17.0. The number of nitrogens with zero attached hydrogens (tertiary/aromatic N) is 3. The monoisotopic (exact) mass is 415 g/mol. The fourth-order valence-corrected chi connectivity index (χ4v) is 3.95. The number of piperazine rings is 1. The van der Waals surface area contributed by atoms with Crippen molar-refractivity contribution in [1.82, 2.24) is 14.8 Å². The molecule has 4 aromatic rings. The van der Waals surface area contributed by atoms with Gasteiger partial charge in [-0.2, -0.15) is 0 Å². The van der Waals surface area contributed by atoms with Crippen molar-refractivity contribution in [2.45, 2.75) is 6.54 Å². The summed E-state index contributed by atoms with van der Waals surface area (Å²) in [5.74, 6) is 0.275. The van der Waals surface area contributed by atoms with Gasteiger partial charge in [0, 0.05) is 43.9 Å². The van der Waals surface area contributed by atoms with Crippen LogP contribution in [0.2, 0.25) is 0 Å². The minimum Gasteiger partial charge on any atom is -0.444 e. The van der Waals surface area contributed by atoms with E-state index in [1.807, 2.05) is 47.4 Å². The average Bonchev–Trinajstić information content (AvgIpc) is 3.27. The standard InChI is InChI=1S/C25H22FN3O2/c26-22-9-7-19(8-10-22)24-27-23(17-31-24)16-28-11-13-29(14-12-28)25(30)21-6-5-18-3-1-2-4-20(18)15-21/h1-10,15,17H,11-14,16H2. The van der Waals surface area contributed by atoms with Gasteiger partial charge in [0.15, 0.2) is 0 Å². The van der Waals surface area contributed by atoms with Crippen LogP contribution in [0.25, 0.3) is 22.2 Å². The number of carbonyl (C=O) groups excluding carboxylic acids is 1. The molecule has 0 atom stereocenters. The van der Waals surface area contributed by atoms with Gasteiger partial charge >= 0.3 is 0 Å². The molecule has 156 valence electrons. The van der Waals surface area contributed by atoms with Crippen LogP contribution in [0.15, 0.2) is 77.4 Å². The molecular weight excluding hydrogens is 393 g/mol. The number of aromatic nitrogens is 1. The molecule has 1 fully saturated rings. The maximum Gasteiger partial charge on any atom is 0.253 e. The summed E-state index contributed by atoms with van der Waals surface area (Å²) >= 11 is 0. The number of hydrogen-bond donors (Lipinski definition) is 0. The van der Waals surface area contributed by atoms with Crippen LogP contribution in [0, 0.1) is 5.82 Å². The largest absolute Gasteiger partial charge is 0.444 e. The van der Waals surface area contributed by atoms with Gasteiger partial charge in [0.1, 0.15) is 12.1 Å². The molecule has 1 aliphatic rings. The lowest BCUT2D eigenvalue weighted by Crippen LogP contribution is -2.48. The van der Waals surface area contributed by atoms with E-state index in [-0.39, 0.29) is 11.7 Å². The molecule has 1 amide bonds. The molecule has 0 N–H and O–H groups in total. The lowest BCUT2D eigenvalue weighted by molar-refractivity contribution is 0.0627. The van der Waals surface area contributed by atoms with E-state index in [1.54, 1.807) is 18.4 Å². The van der Waals surface area contributed by atoms with Gasteiger partial charge < -0.3 is 9.32 Å². The summed E-state index contributed by atoms with van der Waals surface area (Å²) in [6.45, 7) is 3.56. The molecule has 0 unspecified atom stereocenters. The molecule has 0 radical (unpaired) electrons. The van der Waals surface area contributed by atoms with E-state index in [2.05, 4.69) is 9.88 Å². The highest BCUT2D eigenvalue weighted by Crippen LogP contribution is 2.21. The summed E-state index contributed by atoms with van der Waals surface area (Å²) in [4.78, 5) is 21.6. The number of oxazole rings is 1. The fraction of sp³-hybridized carbons (Fsp3) is 0.200. The van der Waals surface area contributed by atoms with E-state index in [1.165, 1.54) is 12.1 Å². The van der Waals surface area contributed by atoms with Crippen LogP contribution >= 0.6 is 0 Å². The van der Waals surface area contributed by atoms with E-state index in [4.69, 9.17) is 4.42 Å². The molecule has 2 heterocycles. The van der Waals surface area contributed by atoms with Crippen molar-refractivity contribution in [1.29, 1.82) is 0 Å². The normalized spacial score (nSPS) is 14.8. The molecule has 3 aromatic carbocycles. The molecule has 0 aliphatic carbocycles. The van der Waals surface area contributed by atoms with E-state index in [0.717, 1.165) is 40.7 Å². The summed E-state index contributed by atoms with van der Waals surface area (Å²) < 4.78 is 18.7. The highest BCUT2D eigenvalue weighted by molar-refractivity contribution is 5.98. The molecule has 0 spiro atoms. The Morgan fingerprint density at radius 3 is 2.45 bits per heavy atom. The summed E-state index contributed by atoms with van der Waals surface area (Å²) in [6, 6.07) is 20.0. The lowest BCUT2D eigenvalue weighted by Gasteiger charge is -2.34. The maximum absolute atomic E-state index is 13.1. The average molecular weight is 415 g/mol. The van der Waals surface area contributed by atoms with Crippen molar-refractivity contribution in [3.8, 4) is 11.5 Å². The molecule has 31 heavy (non-hydrogen) atoms. The van der Waals surface area contributed by atoms with Gasteiger partial charge in [0.25, 0.3) is 5.91 Å². The Labute approximate surface area is 179 Å². The van der Waals surface area contributed by atoms with E-state index >= 15 is 0 Å². The summed E-state index contributed by atoms with van der Waals surface area (Å²) in [7, 11) is 0. The third kappa shape index (κ3) is 4.20. The quantitative estimate of drug-likeness (QED) is 0.489. The zero-order chi connectivity index (χ0) is 21.2. The van der Waals surface area contributed by atoms with E-state index in [0.29, 0.717) is 25.5 Å². The number of halogens is 1. The number of amides is 1. The first-order chi connectivity index (χ1) is 15.2. The fourth-order valence-electron chi connectivity index (χ4n) is 3.95. The van der Waals surface area contributed by atoms with Gasteiger partial charge in [0.05, 0.1) is 5.69 Å². The lowest BCUT2D eigenvalue weighted by atomic mass is 10.1. The Kier molecular flexibility index (Phi) is 5.22. The maximum atomic E-state index is 13.1. The van der Waals surface area contributed by atoms with Gasteiger partial charge in [-0.25, -0.2) is 9.37 Å². The van der Waals surface area contributed by atoms with Crippen molar-refractivity contribution in [3.63, 3.8) is 0 Å². The Hall–Kier alpha value is -3.51. The highest BCUT2D eigenvalue weighted by atomic mass is 19.1. The number of carbonyl (C=O) groups is 1. The van der Waals surface area contributed by atoms with Gasteiger partial charge in [-0.15, -0.1) is 0 Å². The molecule has 1 aromatic heterocycles. The van der Waals surface area contributed by atoms with Gasteiger partial charge in [-0.05, 0) is 47.2 Å². The zero-order valence-electron chi connectivity index (χ0n) is 17.0. The molecule has 1 saturated heterocycles. The molecule has 0 bridgehead atoms. The van der Waals surface area contributed by atoms with Crippen molar-refractivity contribution in [2.75, 3.05) is 26.2 Å². The second kappa shape index (κ2) is 8.32. The van der Waals surface area contributed by atoms with Gasteiger partial charge in [-0.1, -0.05) is 30.3 Å². The molecular formula is C25H22FN3O2. The molecule has 5 rings (SSSR count). The summed E-state index contributed by atoms with van der Waals surface area (Å²) in [5.41, 5.74) is 2.31. The van der Waals surface area contributed by atoms with Gasteiger partial charge in [-0.3, -0.25) is 9.69 Å². The van der Waals surface area contributed by atoms with Crippen LogP contribution in [-0.4, -0.2) is 46.9 Å². The Bertz CT molecular complexity index is 1210. The minimum atomic E-state index is -0.286. The summed E-state index contributed by atoms with van der Waals surface area (Å²) in [6.07, 6.45) is 1.64. The second-order valence-corrected chi connectivity index (χ2v) is 7.78. The summed E-state index contributed by atoms with van der Waals surface area (Å²) in [5, 5.41) is 2.21. The van der Waals surface area contributed by atoms with Crippen LogP contribution in [-0.2, 0) is 6.54 Å².